The molecule has 0 aliphatic carbocycles. The van der Waals surface area contributed by atoms with Gasteiger partial charge in [0, 0.05) is 26.6 Å². The molecule has 0 heterocycles. The molecule has 0 radical (unpaired) electrons. The Balaban J connectivity index is 3.57. The maximum atomic E-state index is 11.3. The first-order chi connectivity index (χ1) is 7.91. The molecule has 0 unspecified atom stereocenters. The Labute approximate surface area is 100 Å². The zero-order valence-electron chi connectivity index (χ0n) is 10.2. The van der Waals surface area contributed by atoms with Crippen LogP contribution in [-0.2, 0) is 14.4 Å². The minimum Gasteiger partial charge on any atom is -0.481 e. The second kappa shape index (κ2) is 8.51. The number of nitrogens with one attached hydrogen (secondary N) is 2. The molecule has 0 saturated carbocycles. The van der Waals surface area contributed by atoms with E-state index in [1.807, 2.05) is 0 Å². The largest absolute Gasteiger partial charge is 0.481 e. The first kappa shape index (κ1) is 15.4. The maximum absolute atomic E-state index is 11.3. The Hall–Kier alpha value is -1.63. The summed E-state index contributed by atoms with van der Waals surface area (Å²) in [6.07, 6.45) is 0.00960. The fourth-order valence-corrected chi connectivity index (χ4v) is 1.11. The van der Waals surface area contributed by atoms with Crippen LogP contribution < -0.4 is 10.6 Å². The lowest BCUT2D eigenvalue weighted by atomic mass is 10.4. The van der Waals surface area contributed by atoms with E-state index in [4.69, 9.17) is 5.11 Å². The van der Waals surface area contributed by atoms with Crippen LogP contribution in [0.15, 0.2) is 0 Å². The summed E-state index contributed by atoms with van der Waals surface area (Å²) >= 11 is 0. The Morgan fingerprint density at radius 1 is 1.18 bits per heavy atom. The van der Waals surface area contributed by atoms with Crippen molar-refractivity contribution in [1.29, 1.82) is 0 Å². The number of aliphatic carboxylic acids is 1. The van der Waals surface area contributed by atoms with Gasteiger partial charge in [-0.1, -0.05) is 0 Å². The van der Waals surface area contributed by atoms with Gasteiger partial charge in [-0.15, -0.1) is 0 Å². The molecule has 17 heavy (non-hydrogen) atoms. The van der Waals surface area contributed by atoms with Crippen LogP contribution in [0.5, 0.6) is 0 Å². The van der Waals surface area contributed by atoms with Gasteiger partial charge in [-0.25, -0.2) is 0 Å². The lowest BCUT2D eigenvalue weighted by Gasteiger charge is -2.14. The zero-order chi connectivity index (χ0) is 13.3. The smallest absolute Gasteiger partial charge is 0.304 e. The number of amides is 2. The highest BCUT2D eigenvalue weighted by Crippen LogP contribution is 1.87. The van der Waals surface area contributed by atoms with Crippen LogP contribution in [0.3, 0.4) is 0 Å². The summed E-state index contributed by atoms with van der Waals surface area (Å²) in [5.74, 6) is -1.22. The number of carbonyl (C=O) groups is 3. The van der Waals surface area contributed by atoms with Crippen LogP contribution in [-0.4, -0.2) is 61.0 Å². The van der Waals surface area contributed by atoms with E-state index in [0.29, 0.717) is 19.6 Å². The predicted octanol–water partition coefficient (Wildman–Crippen LogP) is -1.35. The standard InChI is InChI=1S/C10H19N3O4/c1-8(14)11-4-5-12-9(15)7-13(2)6-3-10(16)17/h3-7H2,1-2H3,(H,11,14)(H,12,15)(H,16,17). The van der Waals surface area contributed by atoms with E-state index < -0.39 is 5.97 Å². The van der Waals surface area contributed by atoms with Gasteiger partial charge in [0.15, 0.2) is 0 Å². The summed E-state index contributed by atoms with van der Waals surface area (Å²) in [4.78, 5) is 33.8. The average molecular weight is 245 g/mol. The second-order valence-corrected chi connectivity index (χ2v) is 3.71. The van der Waals surface area contributed by atoms with Crippen LogP contribution in [0, 0.1) is 0 Å². The topological polar surface area (TPSA) is 98.7 Å². The molecule has 98 valence electrons. The lowest BCUT2D eigenvalue weighted by molar-refractivity contribution is -0.137. The highest BCUT2D eigenvalue weighted by Gasteiger charge is 2.07. The van der Waals surface area contributed by atoms with Gasteiger partial charge in [-0.2, -0.15) is 0 Å². The summed E-state index contributed by atoms with van der Waals surface area (Å²) in [5, 5.41) is 13.6. The molecule has 7 heteroatoms. The molecule has 0 fully saturated rings. The van der Waals surface area contributed by atoms with E-state index in [1.165, 1.54) is 6.92 Å². The molecule has 0 saturated heterocycles. The summed E-state index contributed by atoms with van der Waals surface area (Å²) < 4.78 is 0. The van der Waals surface area contributed by atoms with E-state index in [0.717, 1.165) is 0 Å². The Bertz CT molecular complexity index is 281. The quantitative estimate of drug-likeness (QED) is 0.459. The second-order valence-electron chi connectivity index (χ2n) is 3.71. The van der Waals surface area contributed by atoms with Crippen LogP contribution >= 0.6 is 0 Å². The molecule has 7 nitrogen and oxygen atoms in total. The van der Waals surface area contributed by atoms with Gasteiger partial charge in [0.05, 0.1) is 13.0 Å². The number of carboxylic acid groups (broad SMARTS) is 1. The van der Waals surface area contributed by atoms with Gasteiger partial charge in [0.1, 0.15) is 0 Å². The molecule has 0 aromatic heterocycles. The van der Waals surface area contributed by atoms with Crippen molar-refractivity contribution in [2.45, 2.75) is 13.3 Å². The average Bonchev–Trinajstić information content (AvgIpc) is 2.21. The minimum absolute atomic E-state index is 0.00960. The van der Waals surface area contributed by atoms with Gasteiger partial charge in [-0.05, 0) is 7.05 Å². The number of nitrogens with zero attached hydrogens (tertiary/aromatic N) is 1. The summed E-state index contributed by atoms with van der Waals surface area (Å²) in [7, 11) is 1.68. The third kappa shape index (κ3) is 10.6. The highest BCUT2D eigenvalue weighted by atomic mass is 16.4. The normalized spacial score (nSPS) is 10.1. The molecule has 0 rings (SSSR count). The molecule has 0 aliphatic heterocycles. The highest BCUT2D eigenvalue weighted by molar-refractivity contribution is 5.78. The number of rotatable bonds is 8. The molecule has 3 N–H and O–H groups in total. The van der Waals surface area contributed by atoms with E-state index in [-0.39, 0.29) is 24.8 Å². The van der Waals surface area contributed by atoms with Gasteiger partial charge < -0.3 is 15.7 Å². The monoisotopic (exact) mass is 245 g/mol. The number of likely N-dealkylation sites (N-methyl/N-ethyl adjacent to an activating group) is 1. The summed E-state index contributed by atoms with van der Waals surface area (Å²) in [6.45, 7) is 2.63. The molecule has 0 bridgehead atoms. The summed E-state index contributed by atoms with van der Waals surface area (Å²) in [6, 6.07) is 0. The first-order valence-corrected chi connectivity index (χ1v) is 5.33. The van der Waals surface area contributed by atoms with Crippen LogP contribution in [0.2, 0.25) is 0 Å². The van der Waals surface area contributed by atoms with Crippen LogP contribution in [0.25, 0.3) is 0 Å². The Morgan fingerprint density at radius 3 is 2.29 bits per heavy atom. The SMILES string of the molecule is CC(=O)NCCNC(=O)CN(C)CCC(=O)O. The summed E-state index contributed by atoms with van der Waals surface area (Å²) in [5.41, 5.74) is 0. The van der Waals surface area contributed by atoms with Gasteiger partial charge in [0.2, 0.25) is 11.8 Å². The van der Waals surface area contributed by atoms with Crippen LogP contribution in [0.4, 0.5) is 0 Å². The van der Waals surface area contributed by atoms with Crippen molar-refractivity contribution in [2.24, 2.45) is 0 Å². The van der Waals surface area contributed by atoms with Crippen molar-refractivity contribution in [1.82, 2.24) is 15.5 Å². The van der Waals surface area contributed by atoms with Crippen molar-refractivity contribution in [3.63, 3.8) is 0 Å². The molecular formula is C10H19N3O4. The molecule has 0 aromatic carbocycles. The lowest BCUT2D eigenvalue weighted by Crippen LogP contribution is -2.39. The molecule has 0 spiro atoms. The Morgan fingerprint density at radius 2 is 1.76 bits per heavy atom. The number of hydrogen-bond acceptors (Lipinski definition) is 4. The minimum atomic E-state index is -0.886. The van der Waals surface area contributed by atoms with Gasteiger partial charge in [0.25, 0.3) is 0 Å². The van der Waals surface area contributed by atoms with E-state index in [9.17, 15) is 14.4 Å². The Kier molecular flexibility index (Phi) is 7.70. The number of carboxylic acids is 1. The van der Waals surface area contributed by atoms with Crippen molar-refractivity contribution in [3.8, 4) is 0 Å². The van der Waals surface area contributed by atoms with Crippen molar-refractivity contribution >= 4 is 17.8 Å². The van der Waals surface area contributed by atoms with Crippen molar-refractivity contribution in [2.75, 3.05) is 33.2 Å². The third-order valence-electron chi connectivity index (χ3n) is 1.94. The van der Waals surface area contributed by atoms with Crippen LogP contribution in [0.1, 0.15) is 13.3 Å². The molecule has 0 atom stereocenters. The van der Waals surface area contributed by atoms with E-state index >= 15 is 0 Å². The fourth-order valence-electron chi connectivity index (χ4n) is 1.11. The molecular weight excluding hydrogens is 226 g/mol. The molecule has 2 amide bonds. The van der Waals surface area contributed by atoms with Gasteiger partial charge >= 0.3 is 5.97 Å². The first-order valence-electron chi connectivity index (χ1n) is 5.33. The molecule has 0 aromatic rings. The van der Waals surface area contributed by atoms with Gasteiger partial charge in [-0.3, -0.25) is 19.3 Å². The number of carbonyl (C=O) groups excluding carboxylic acids is 2. The fraction of sp³-hybridized carbons (Fsp3) is 0.700. The maximum Gasteiger partial charge on any atom is 0.304 e. The number of hydrogen-bond donors (Lipinski definition) is 3. The van der Waals surface area contributed by atoms with Crippen molar-refractivity contribution < 1.29 is 19.5 Å². The van der Waals surface area contributed by atoms with Crippen molar-refractivity contribution in [3.05, 3.63) is 0 Å². The van der Waals surface area contributed by atoms with E-state index in [2.05, 4.69) is 10.6 Å². The predicted molar refractivity (Wildman–Crippen MR) is 61.4 cm³/mol. The van der Waals surface area contributed by atoms with E-state index in [1.54, 1.807) is 11.9 Å². The molecule has 0 aliphatic rings. The third-order valence-corrected chi connectivity index (χ3v) is 1.94. The zero-order valence-corrected chi connectivity index (χ0v) is 10.2.